The minimum atomic E-state index is -0.267. The summed E-state index contributed by atoms with van der Waals surface area (Å²) in [5, 5.41) is 3.51. The molecule has 1 aromatic carbocycles. The molecular weight excluding hydrogens is 262 g/mol. The van der Waals surface area contributed by atoms with Crippen LogP contribution in [0, 0.1) is 5.92 Å². The van der Waals surface area contributed by atoms with Crippen LogP contribution in [-0.2, 0) is 9.53 Å². The summed E-state index contributed by atoms with van der Waals surface area (Å²) in [7, 11) is 0. The molecule has 1 fully saturated rings. The summed E-state index contributed by atoms with van der Waals surface area (Å²) in [6.45, 7) is 4.18. The first-order valence-corrected chi connectivity index (χ1v) is 8.20. The lowest BCUT2D eigenvalue weighted by Crippen LogP contribution is -2.41. The number of benzene rings is 1. The monoisotopic (exact) mass is 289 g/mol. The maximum atomic E-state index is 11.9. The minimum absolute atomic E-state index is 0.158. The Balaban J connectivity index is 2.10. The highest BCUT2D eigenvalue weighted by Gasteiger charge is 2.28. The zero-order valence-electron chi connectivity index (χ0n) is 13.2. The molecule has 0 aromatic heterocycles. The van der Waals surface area contributed by atoms with Crippen molar-refractivity contribution in [1.29, 1.82) is 0 Å². The Labute approximate surface area is 128 Å². The van der Waals surface area contributed by atoms with Gasteiger partial charge in [-0.25, -0.2) is 0 Å². The summed E-state index contributed by atoms with van der Waals surface area (Å²) < 4.78 is 5.13. The number of esters is 1. The molecule has 3 nitrogen and oxygen atoms in total. The molecule has 0 saturated heterocycles. The fourth-order valence-corrected chi connectivity index (χ4v) is 3.24. The van der Waals surface area contributed by atoms with Crippen molar-refractivity contribution in [2.24, 2.45) is 5.92 Å². The van der Waals surface area contributed by atoms with Crippen molar-refractivity contribution in [2.45, 2.75) is 58.0 Å². The fraction of sp³-hybridized carbons (Fsp3) is 0.611. The third-order valence-electron chi connectivity index (χ3n) is 4.35. The molecule has 2 atom stereocenters. The van der Waals surface area contributed by atoms with E-state index in [0.29, 0.717) is 12.5 Å². The van der Waals surface area contributed by atoms with Crippen LogP contribution in [0.25, 0.3) is 0 Å². The highest BCUT2D eigenvalue weighted by Crippen LogP contribution is 2.34. The molecule has 0 bridgehead atoms. The number of nitrogens with one attached hydrogen (secondary N) is 1. The highest BCUT2D eigenvalue weighted by atomic mass is 16.5. The van der Waals surface area contributed by atoms with Crippen LogP contribution in [0.1, 0.15) is 57.6 Å². The van der Waals surface area contributed by atoms with Crippen molar-refractivity contribution >= 4 is 5.97 Å². The highest BCUT2D eigenvalue weighted by molar-refractivity contribution is 5.75. The predicted molar refractivity (Wildman–Crippen MR) is 85.0 cm³/mol. The molecule has 21 heavy (non-hydrogen) atoms. The van der Waals surface area contributed by atoms with Gasteiger partial charge in [-0.1, -0.05) is 49.6 Å². The molecule has 0 heterocycles. The van der Waals surface area contributed by atoms with Crippen LogP contribution in [0.3, 0.4) is 0 Å². The van der Waals surface area contributed by atoms with Gasteiger partial charge in [-0.15, -0.1) is 0 Å². The maximum Gasteiger partial charge on any atom is 0.322 e. The number of hydrogen-bond donors (Lipinski definition) is 1. The van der Waals surface area contributed by atoms with Gasteiger partial charge in [0.25, 0.3) is 0 Å². The SMILES string of the molecule is CCOC(=O)C(C)NC(c1ccccc1)C1CCCCC1. The zero-order valence-corrected chi connectivity index (χ0v) is 13.2. The molecule has 3 heteroatoms. The molecule has 1 N–H and O–H groups in total. The van der Waals surface area contributed by atoms with E-state index in [4.69, 9.17) is 4.74 Å². The maximum absolute atomic E-state index is 11.9. The van der Waals surface area contributed by atoms with Crippen LogP contribution in [-0.4, -0.2) is 18.6 Å². The van der Waals surface area contributed by atoms with E-state index >= 15 is 0 Å². The second kappa shape index (κ2) is 8.18. The minimum Gasteiger partial charge on any atom is -0.465 e. The van der Waals surface area contributed by atoms with Gasteiger partial charge in [0, 0.05) is 6.04 Å². The first kappa shape index (κ1) is 16.0. The summed E-state index contributed by atoms with van der Waals surface area (Å²) in [6, 6.07) is 10.5. The summed E-state index contributed by atoms with van der Waals surface area (Å²) in [5.41, 5.74) is 1.28. The molecular formula is C18H27NO2. The summed E-state index contributed by atoms with van der Waals surface area (Å²) in [4.78, 5) is 11.9. The molecule has 2 rings (SSSR count). The third-order valence-corrected chi connectivity index (χ3v) is 4.35. The Morgan fingerprint density at radius 3 is 2.52 bits per heavy atom. The molecule has 1 aliphatic carbocycles. The van der Waals surface area contributed by atoms with E-state index in [1.165, 1.54) is 37.7 Å². The Kier molecular flexibility index (Phi) is 6.24. The average molecular weight is 289 g/mol. The zero-order chi connectivity index (χ0) is 15.1. The van der Waals surface area contributed by atoms with Crippen molar-refractivity contribution < 1.29 is 9.53 Å². The molecule has 0 radical (unpaired) electrons. The van der Waals surface area contributed by atoms with Gasteiger partial charge in [-0.05, 0) is 38.2 Å². The van der Waals surface area contributed by atoms with Gasteiger partial charge in [0.05, 0.1) is 6.61 Å². The standard InChI is InChI=1S/C18H27NO2/c1-3-21-18(20)14(2)19-17(15-10-6-4-7-11-15)16-12-8-5-9-13-16/h4,6-7,10-11,14,16-17,19H,3,5,8-9,12-13H2,1-2H3. The van der Waals surface area contributed by atoms with Gasteiger partial charge in [0.15, 0.2) is 0 Å². The molecule has 116 valence electrons. The molecule has 1 saturated carbocycles. The van der Waals surface area contributed by atoms with Crippen molar-refractivity contribution in [3.05, 3.63) is 35.9 Å². The number of carbonyl (C=O) groups excluding carboxylic acids is 1. The van der Waals surface area contributed by atoms with Gasteiger partial charge in [0.1, 0.15) is 6.04 Å². The molecule has 1 aromatic rings. The number of ether oxygens (including phenoxy) is 1. The first-order chi connectivity index (χ1) is 10.2. The lowest BCUT2D eigenvalue weighted by atomic mass is 9.81. The van der Waals surface area contributed by atoms with Crippen LogP contribution in [0.15, 0.2) is 30.3 Å². The molecule has 2 unspecified atom stereocenters. The van der Waals surface area contributed by atoms with Crippen molar-refractivity contribution in [3.63, 3.8) is 0 Å². The Hall–Kier alpha value is -1.35. The van der Waals surface area contributed by atoms with E-state index in [0.717, 1.165) is 0 Å². The largest absolute Gasteiger partial charge is 0.465 e. The van der Waals surface area contributed by atoms with E-state index in [1.807, 2.05) is 19.9 Å². The molecule has 0 spiro atoms. The second-order valence-electron chi connectivity index (χ2n) is 5.93. The van der Waals surface area contributed by atoms with Gasteiger partial charge >= 0.3 is 5.97 Å². The fourth-order valence-electron chi connectivity index (χ4n) is 3.24. The van der Waals surface area contributed by atoms with Crippen molar-refractivity contribution in [3.8, 4) is 0 Å². The van der Waals surface area contributed by atoms with E-state index in [2.05, 4.69) is 29.6 Å². The lowest BCUT2D eigenvalue weighted by Gasteiger charge is -2.33. The van der Waals surface area contributed by atoms with E-state index < -0.39 is 0 Å². The lowest BCUT2D eigenvalue weighted by molar-refractivity contribution is -0.145. The van der Waals surface area contributed by atoms with E-state index in [9.17, 15) is 4.79 Å². The number of hydrogen-bond acceptors (Lipinski definition) is 3. The predicted octanol–water partition coefficient (Wildman–Crippen LogP) is 3.85. The Morgan fingerprint density at radius 2 is 1.90 bits per heavy atom. The van der Waals surface area contributed by atoms with Gasteiger partial charge in [-0.3, -0.25) is 10.1 Å². The number of carbonyl (C=O) groups is 1. The van der Waals surface area contributed by atoms with Crippen LogP contribution in [0.2, 0.25) is 0 Å². The third kappa shape index (κ3) is 4.57. The number of rotatable bonds is 6. The molecule has 0 aliphatic heterocycles. The van der Waals surface area contributed by atoms with Crippen LogP contribution in [0.4, 0.5) is 0 Å². The van der Waals surface area contributed by atoms with Gasteiger partial charge < -0.3 is 4.74 Å². The molecule has 0 amide bonds. The molecule has 1 aliphatic rings. The van der Waals surface area contributed by atoms with Crippen molar-refractivity contribution in [2.75, 3.05) is 6.61 Å². The first-order valence-electron chi connectivity index (χ1n) is 8.20. The Morgan fingerprint density at radius 1 is 1.24 bits per heavy atom. The van der Waals surface area contributed by atoms with Gasteiger partial charge in [-0.2, -0.15) is 0 Å². The quantitative estimate of drug-likeness (QED) is 0.808. The normalized spacial score (nSPS) is 19.0. The van der Waals surface area contributed by atoms with E-state index in [-0.39, 0.29) is 18.1 Å². The van der Waals surface area contributed by atoms with E-state index in [1.54, 1.807) is 0 Å². The topological polar surface area (TPSA) is 38.3 Å². The second-order valence-corrected chi connectivity index (χ2v) is 5.93. The summed E-state index contributed by atoms with van der Waals surface area (Å²) in [5.74, 6) is 0.451. The van der Waals surface area contributed by atoms with Gasteiger partial charge in [0.2, 0.25) is 0 Å². The summed E-state index contributed by atoms with van der Waals surface area (Å²) in [6.07, 6.45) is 6.41. The smallest absolute Gasteiger partial charge is 0.322 e. The van der Waals surface area contributed by atoms with Crippen molar-refractivity contribution in [1.82, 2.24) is 5.32 Å². The van der Waals surface area contributed by atoms with Crippen LogP contribution < -0.4 is 5.32 Å². The summed E-state index contributed by atoms with van der Waals surface area (Å²) >= 11 is 0. The Bertz CT molecular complexity index is 426. The van der Waals surface area contributed by atoms with Crippen LogP contribution in [0.5, 0.6) is 0 Å². The van der Waals surface area contributed by atoms with Crippen LogP contribution >= 0.6 is 0 Å². The average Bonchev–Trinajstić information content (AvgIpc) is 2.54.